The van der Waals surface area contributed by atoms with Gasteiger partial charge in [0.25, 0.3) is 0 Å². The zero-order valence-electron chi connectivity index (χ0n) is 20.9. The summed E-state index contributed by atoms with van der Waals surface area (Å²) in [7, 11) is -4.91. The lowest BCUT2D eigenvalue weighted by atomic mass is 9.78. The van der Waals surface area contributed by atoms with Crippen molar-refractivity contribution in [2.24, 2.45) is 17.6 Å². The van der Waals surface area contributed by atoms with E-state index in [-0.39, 0.29) is 24.2 Å². The highest BCUT2D eigenvalue weighted by atomic mass is 32.2. The fourth-order valence-electron chi connectivity index (χ4n) is 4.90. The van der Waals surface area contributed by atoms with Gasteiger partial charge >= 0.3 is 0 Å². The van der Waals surface area contributed by atoms with Gasteiger partial charge in [0, 0.05) is 31.6 Å². The molecule has 2 aliphatic carbocycles. The Morgan fingerprint density at radius 1 is 1.09 bits per heavy atom. The lowest BCUT2D eigenvalue weighted by Gasteiger charge is -2.38. The van der Waals surface area contributed by atoms with Crippen LogP contribution >= 0.6 is 0 Å². The molecule has 198 valence electrons. The number of sulfonamides is 1. The van der Waals surface area contributed by atoms with E-state index in [4.69, 9.17) is 10.5 Å². The van der Waals surface area contributed by atoms with E-state index in [0.717, 1.165) is 56.6 Å². The Kier molecular flexibility index (Phi) is 9.22. The second kappa shape index (κ2) is 11.6. The molecule has 1 atom stereocenters. The van der Waals surface area contributed by atoms with Crippen LogP contribution in [-0.4, -0.2) is 65.9 Å². The summed E-state index contributed by atoms with van der Waals surface area (Å²) in [6, 6.07) is 4.76. The second-order valence-electron chi connectivity index (χ2n) is 10.3. The molecule has 0 spiro atoms. The zero-order chi connectivity index (χ0) is 25.8. The van der Waals surface area contributed by atoms with Gasteiger partial charge in [-0.25, -0.2) is 16.8 Å². The first-order chi connectivity index (χ1) is 16.3. The van der Waals surface area contributed by atoms with Crippen LogP contribution in [0.4, 0.5) is 5.69 Å². The van der Waals surface area contributed by atoms with E-state index in [1.165, 1.54) is 6.42 Å². The fraction of sp³-hybridized carbons (Fsp3) is 0.708. The molecule has 1 amide bonds. The van der Waals surface area contributed by atoms with E-state index in [1.807, 2.05) is 11.9 Å². The molecule has 0 radical (unpaired) electrons. The standard InChI is InChI=1S/C24H39N3O6S2/c1-27(22-5-4-6-22)24(28)23(25)18-9-7-17(8-10-18)14-33-15-19-11-12-21(26-35(3,31)32)13-20(19)16-34(2,29)30/h11-13,17-18,22-23,26H,4-10,14-16,25H2,1-3H3/t17?,18?,23-/m0/s1. The molecule has 9 nitrogen and oxygen atoms in total. The highest BCUT2D eigenvalue weighted by Gasteiger charge is 2.34. The maximum atomic E-state index is 12.7. The number of amides is 1. The van der Waals surface area contributed by atoms with Crippen LogP contribution in [0, 0.1) is 11.8 Å². The molecule has 3 N–H and O–H groups in total. The first kappa shape index (κ1) is 27.9. The van der Waals surface area contributed by atoms with Crippen molar-refractivity contribution in [2.75, 3.05) is 30.9 Å². The summed E-state index contributed by atoms with van der Waals surface area (Å²) in [5, 5.41) is 0. The molecule has 3 rings (SSSR count). The first-order valence-corrected chi connectivity index (χ1v) is 16.1. The summed E-state index contributed by atoms with van der Waals surface area (Å²) in [5.74, 6) is 0.415. The number of rotatable bonds is 11. The first-order valence-electron chi connectivity index (χ1n) is 12.2. The van der Waals surface area contributed by atoms with Gasteiger partial charge in [-0.15, -0.1) is 0 Å². The van der Waals surface area contributed by atoms with Crippen molar-refractivity contribution in [2.45, 2.75) is 69.4 Å². The van der Waals surface area contributed by atoms with E-state index in [0.29, 0.717) is 29.8 Å². The summed E-state index contributed by atoms with van der Waals surface area (Å²) in [6.45, 7) is 0.785. The summed E-state index contributed by atoms with van der Waals surface area (Å²) < 4.78 is 55.2. The Bertz CT molecular complexity index is 1090. The number of carbonyl (C=O) groups excluding carboxylic acids is 1. The average molecular weight is 530 g/mol. The summed E-state index contributed by atoms with van der Waals surface area (Å²) in [5.41, 5.74) is 7.89. The molecule has 0 heterocycles. The maximum Gasteiger partial charge on any atom is 0.239 e. The monoisotopic (exact) mass is 529 g/mol. The molecule has 0 aliphatic heterocycles. The number of likely N-dealkylation sites (N-methyl/N-ethyl adjacent to an activating group) is 1. The predicted molar refractivity (Wildman–Crippen MR) is 137 cm³/mol. The Balaban J connectivity index is 1.50. The summed E-state index contributed by atoms with van der Waals surface area (Å²) in [6.07, 6.45) is 9.17. The fourth-order valence-corrected chi connectivity index (χ4v) is 6.29. The quantitative estimate of drug-likeness (QED) is 0.449. The SMILES string of the molecule is CN(C(=O)[C@@H](N)C1CCC(COCc2ccc(NS(C)(=O)=O)cc2CS(C)(=O)=O)CC1)C1CCC1. The number of nitrogens with zero attached hydrogens (tertiary/aromatic N) is 1. The molecule has 1 aromatic rings. The second-order valence-corrected chi connectivity index (χ2v) is 14.2. The number of ether oxygens (including phenoxy) is 1. The van der Waals surface area contributed by atoms with Crippen molar-refractivity contribution in [1.82, 2.24) is 4.90 Å². The third kappa shape index (κ3) is 8.44. The van der Waals surface area contributed by atoms with Crippen molar-refractivity contribution in [3.8, 4) is 0 Å². The number of sulfone groups is 1. The number of nitrogens with two attached hydrogens (primary N) is 1. The number of benzene rings is 1. The Labute approximate surface area is 209 Å². The lowest BCUT2D eigenvalue weighted by molar-refractivity contribution is -0.136. The van der Waals surface area contributed by atoms with Crippen LogP contribution < -0.4 is 10.5 Å². The van der Waals surface area contributed by atoms with Crippen LogP contribution in [0.15, 0.2) is 18.2 Å². The predicted octanol–water partition coefficient (Wildman–Crippen LogP) is 2.26. The number of nitrogens with one attached hydrogen (secondary N) is 1. The largest absolute Gasteiger partial charge is 0.376 e. The van der Waals surface area contributed by atoms with E-state index >= 15 is 0 Å². The molecule has 0 saturated heterocycles. The van der Waals surface area contributed by atoms with Gasteiger partial charge in [0.2, 0.25) is 15.9 Å². The molecule has 0 aromatic heterocycles. The third-order valence-electron chi connectivity index (χ3n) is 7.19. The average Bonchev–Trinajstić information content (AvgIpc) is 2.71. The lowest BCUT2D eigenvalue weighted by Crippen LogP contribution is -2.52. The van der Waals surface area contributed by atoms with Crippen molar-refractivity contribution in [1.29, 1.82) is 0 Å². The minimum atomic E-state index is -3.47. The Morgan fingerprint density at radius 3 is 2.29 bits per heavy atom. The zero-order valence-corrected chi connectivity index (χ0v) is 22.5. The number of hydrogen-bond acceptors (Lipinski definition) is 7. The van der Waals surface area contributed by atoms with Gasteiger partial charge in [-0.05, 0) is 80.0 Å². The molecule has 35 heavy (non-hydrogen) atoms. The molecule has 11 heteroatoms. The van der Waals surface area contributed by atoms with E-state index < -0.39 is 25.9 Å². The molecular weight excluding hydrogens is 490 g/mol. The van der Waals surface area contributed by atoms with Crippen molar-refractivity contribution >= 4 is 31.5 Å². The van der Waals surface area contributed by atoms with Crippen molar-refractivity contribution < 1.29 is 26.4 Å². The molecule has 2 aliphatic rings. The molecule has 2 saturated carbocycles. The van der Waals surface area contributed by atoms with Gasteiger partial charge in [0.15, 0.2) is 9.84 Å². The smallest absolute Gasteiger partial charge is 0.239 e. The van der Waals surface area contributed by atoms with Gasteiger partial charge in [0.05, 0.1) is 24.7 Å². The summed E-state index contributed by atoms with van der Waals surface area (Å²) >= 11 is 0. The van der Waals surface area contributed by atoms with Gasteiger partial charge in [0.1, 0.15) is 0 Å². The molecule has 1 aromatic carbocycles. The normalized spacial score (nSPS) is 22.3. The highest BCUT2D eigenvalue weighted by Crippen LogP contribution is 2.32. The maximum absolute atomic E-state index is 12.7. The van der Waals surface area contributed by atoms with Crippen LogP contribution in [-0.2, 0) is 41.8 Å². The summed E-state index contributed by atoms with van der Waals surface area (Å²) in [4.78, 5) is 14.6. The van der Waals surface area contributed by atoms with Crippen LogP contribution in [0.5, 0.6) is 0 Å². The molecule has 0 bridgehead atoms. The van der Waals surface area contributed by atoms with Crippen LogP contribution in [0.25, 0.3) is 0 Å². The third-order valence-corrected chi connectivity index (χ3v) is 8.63. The van der Waals surface area contributed by atoms with Gasteiger partial charge < -0.3 is 15.4 Å². The van der Waals surface area contributed by atoms with Crippen molar-refractivity contribution in [3.63, 3.8) is 0 Å². The van der Waals surface area contributed by atoms with E-state index in [9.17, 15) is 21.6 Å². The van der Waals surface area contributed by atoms with Crippen LogP contribution in [0.1, 0.15) is 56.1 Å². The van der Waals surface area contributed by atoms with Crippen LogP contribution in [0.3, 0.4) is 0 Å². The highest BCUT2D eigenvalue weighted by molar-refractivity contribution is 7.92. The van der Waals surface area contributed by atoms with Gasteiger partial charge in [-0.3, -0.25) is 9.52 Å². The molecule has 0 unspecified atom stereocenters. The van der Waals surface area contributed by atoms with Crippen LogP contribution in [0.2, 0.25) is 0 Å². The number of carbonyl (C=O) groups is 1. The Hall–Kier alpha value is -1.69. The van der Waals surface area contributed by atoms with Crippen molar-refractivity contribution in [3.05, 3.63) is 29.3 Å². The topological polar surface area (TPSA) is 136 Å². The van der Waals surface area contributed by atoms with Gasteiger partial charge in [-0.1, -0.05) is 6.07 Å². The minimum Gasteiger partial charge on any atom is -0.376 e. The van der Waals surface area contributed by atoms with E-state index in [2.05, 4.69) is 4.72 Å². The minimum absolute atomic E-state index is 0.0571. The molecule has 2 fully saturated rings. The van der Waals surface area contributed by atoms with E-state index in [1.54, 1.807) is 18.2 Å². The molecular formula is C24H39N3O6S2. The van der Waals surface area contributed by atoms with Gasteiger partial charge in [-0.2, -0.15) is 0 Å². The number of hydrogen-bond donors (Lipinski definition) is 2. The number of anilines is 1. The Morgan fingerprint density at radius 2 is 1.74 bits per heavy atom.